The number of likely N-dealkylation sites (tertiary alicyclic amines) is 1. The van der Waals surface area contributed by atoms with E-state index >= 15 is 0 Å². The molecule has 0 aromatic carbocycles. The third kappa shape index (κ3) is 2.37. The van der Waals surface area contributed by atoms with Crippen molar-refractivity contribution >= 4 is 23.1 Å². The van der Waals surface area contributed by atoms with Gasteiger partial charge in [-0.1, -0.05) is 25.1 Å². The second-order valence-electron chi connectivity index (χ2n) is 4.93. The van der Waals surface area contributed by atoms with Crippen molar-refractivity contribution in [3.05, 3.63) is 0 Å². The molecular formula is C12H20N2OS. The molecule has 2 rings (SSSR count). The Morgan fingerprint density at radius 3 is 2.38 bits per heavy atom. The Morgan fingerprint density at radius 1 is 1.12 bits per heavy atom. The highest BCUT2D eigenvalue weighted by molar-refractivity contribution is 7.80. The number of thiocarbonyl (C=S) groups is 1. The summed E-state index contributed by atoms with van der Waals surface area (Å²) < 4.78 is 0. The van der Waals surface area contributed by atoms with Crippen LogP contribution in [0.1, 0.15) is 44.9 Å². The van der Waals surface area contributed by atoms with Crippen LogP contribution >= 0.6 is 12.2 Å². The molecule has 0 aromatic heterocycles. The maximum Gasteiger partial charge on any atom is 0.226 e. The van der Waals surface area contributed by atoms with Crippen LogP contribution < -0.4 is 5.73 Å². The van der Waals surface area contributed by atoms with Crippen LogP contribution in [-0.2, 0) is 4.79 Å². The molecule has 1 amide bonds. The van der Waals surface area contributed by atoms with Crippen molar-refractivity contribution in [3.63, 3.8) is 0 Å². The monoisotopic (exact) mass is 240 g/mol. The van der Waals surface area contributed by atoms with Gasteiger partial charge in [-0.2, -0.15) is 0 Å². The van der Waals surface area contributed by atoms with Crippen LogP contribution in [0.5, 0.6) is 0 Å². The third-order valence-electron chi connectivity index (χ3n) is 3.82. The zero-order valence-electron chi connectivity index (χ0n) is 9.65. The smallest absolute Gasteiger partial charge is 0.226 e. The number of nitrogens with zero attached hydrogens (tertiary/aromatic N) is 1. The zero-order valence-corrected chi connectivity index (χ0v) is 10.5. The van der Waals surface area contributed by atoms with Gasteiger partial charge in [0.25, 0.3) is 0 Å². The lowest BCUT2D eigenvalue weighted by Crippen LogP contribution is -2.51. The number of nitrogens with two attached hydrogens (primary N) is 1. The lowest BCUT2D eigenvalue weighted by Gasteiger charge is -2.36. The summed E-state index contributed by atoms with van der Waals surface area (Å²) in [6.45, 7) is 0.845. The van der Waals surface area contributed by atoms with Crippen molar-refractivity contribution in [2.24, 2.45) is 11.7 Å². The van der Waals surface area contributed by atoms with Crippen molar-refractivity contribution < 1.29 is 4.79 Å². The molecule has 0 spiro atoms. The van der Waals surface area contributed by atoms with Crippen molar-refractivity contribution in [1.29, 1.82) is 0 Å². The number of hydrogen-bond acceptors (Lipinski definition) is 2. The second kappa shape index (κ2) is 5.13. The maximum atomic E-state index is 12.3. The molecule has 1 unspecified atom stereocenters. The van der Waals surface area contributed by atoms with Gasteiger partial charge in [0, 0.05) is 12.5 Å². The highest BCUT2D eigenvalue weighted by Crippen LogP contribution is 2.29. The minimum absolute atomic E-state index is 0.0249. The highest BCUT2D eigenvalue weighted by Gasteiger charge is 2.33. The van der Waals surface area contributed by atoms with Crippen molar-refractivity contribution in [1.82, 2.24) is 4.90 Å². The second-order valence-corrected chi connectivity index (χ2v) is 5.40. The number of carbonyl (C=O) groups excluding carboxylic acids is 1. The lowest BCUT2D eigenvalue weighted by atomic mass is 9.98. The van der Waals surface area contributed by atoms with Crippen LogP contribution in [0.4, 0.5) is 0 Å². The number of rotatable bonds is 2. The number of amides is 1. The van der Waals surface area contributed by atoms with Crippen LogP contribution in [0.25, 0.3) is 0 Å². The van der Waals surface area contributed by atoms with E-state index in [9.17, 15) is 4.79 Å². The topological polar surface area (TPSA) is 46.3 Å². The molecule has 90 valence electrons. The van der Waals surface area contributed by atoms with Crippen LogP contribution in [0.3, 0.4) is 0 Å². The molecule has 1 aliphatic heterocycles. The first-order valence-electron chi connectivity index (χ1n) is 6.30. The van der Waals surface area contributed by atoms with Gasteiger partial charge in [-0.3, -0.25) is 4.79 Å². The summed E-state index contributed by atoms with van der Waals surface area (Å²) in [5, 5.41) is 0. The van der Waals surface area contributed by atoms with E-state index in [-0.39, 0.29) is 12.0 Å². The molecule has 0 aromatic rings. The molecule has 1 atom stereocenters. The molecule has 0 bridgehead atoms. The molecule has 0 radical (unpaired) electrons. The van der Waals surface area contributed by atoms with Crippen molar-refractivity contribution in [2.75, 3.05) is 6.54 Å². The summed E-state index contributed by atoms with van der Waals surface area (Å²) >= 11 is 5.07. The molecule has 4 heteroatoms. The van der Waals surface area contributed by atoms with Gasteiger partial charge in [0.2, 0.25) is 5.91 Å². The van der Waals surface area contributed by atoms with Gasteiger partial charge in [-0.05, 0) is 32.1 Å². The fourth-order valence-electron chi connectivity index (χ4n) is 2.90. The number of hydrogen-bond donors (Lipinski definition) is 1. The van der Waals surface area contributed by atoms with Crippen LogP contribution in [0.2, 0.25) is 0 Å². The molecule has 2 N–H and O–H groups in total. The van der Waals surface area contributed by atoms with E-state index in [4.69, 9.17) is 18.0 Å². The standard InChI is InChI=1S/C12H20N2OS/c13-11(16)10-7-3-4-8-14(10)12(15)9-5-1-2-6-9/h9-10H,1-8H2,(H2,13,16). The molecule has 1 aliphatic carbocycles. The third-order valence-corrected chi connectivity index (χ3v) is 4.09. The van der Waals surface area contributed by atoms with Crippen molar-refractivity contribution in [3.8, 4) is 0 Å². The van der Waals surface area contributed by atoms with Crippen LogP contribution in [0, 0.1) is 5.92 Å². The molecule has 2 aliphatic rings. The summed E-state index contributed by atoms with van der Waals surface area (Å²) in [4.78, 5) is 14.8. The molecule has 3 nitrogen and oxygen atoms in total. The number of carbonyl (C=O) groups is 1. The van der Waals surface area contributed by atoms with Crippen LogP contribution in [0.15, 0.2) is 0 Å². The fraction of sp³-hybridized carbons (Fsp3) is 0.833. The Balaban J connectivity index is 2.04. The van der Waals surface area contributed by atoms with Gasteiger partial charge in [-0.25, -0.2) is 0 Å². The summed E-state index contributed by atoms with van der Waals surface area (Å²) in [6, 6.07) is 0.0249. The Hall–Kier alpha value is -0.640. The van der Waals surface area contributed by atoms with Crippen LogP contribution in [-0.4, -0.2) is 28.4 Å². The fourth-order valence-corrected chi connectivity index (χ4v) is 3.14. The Morgan fingerprint density at radius 2 is 1.75 bits per heavy atom. The lowest BCUT2D eigenvalue weighted by molar-refractivity contribution is -0.137. The van der Waals surface area contributed by atoms with Gasteiger partial charge in [0.1, 0.15) is 0 Å². The first kappa shape index (κ1) is 11.8. The van der Waals surface area contributed by atoms with E-state index in [1.165, 1.54) is 12.8 Å². The van der Waals surface area contributed by atoms with E-state index < -0.39 is 0 Å². The minimum Gasteiger partial charge on any atom is -0.392 e. The Labute approximate surface area is 102 Å². The van der Waals surface area contributed by atoms with Gasteiger partial charge in [0.15, 0.2) is 0 Å². The molecule has 1 saturated carbocycles. The first-order chi connectivity index (χ1) is 7.70. The minimum atomic E-state index is 0.0249. The molecule has 1 heterocycles. The zero-order chi connectivity index (χ0) is 11.5. The highest BCUT2D eigenvalue weighted by atomic mass is 32.1. The predicted octanol–water partition coefficient (Wildman–Crippen LogP) is 1.84. The summed E-state index contributed by atoms with van der Waals surface area (Å²) in [7, 11) is 0. The van der Waals surface area contributed by atoms with Gasteiger partial charge in [-0.15, -0.1) is 0 Å². The largest absolute Gasteiger partial charge is 0.392 e. The van der Waals surface area contributed by atoms with Crippen molar-refractivity contribution in [2.45, 2.75) is 51.0 Å². The summed E-state index contributed by atoms with van der Waals surface area (Å²) in [5.74, 6) is 0.546. The van der Waals surface area contributed by atoms with Gasteiger partial charge in [0.05, 0.1) is 11.0 Å². The molecule has 16 heavy (non-hydrogen) atoms. The first-order valence-corrected chi connectivity index (χ1v) is 6.71. The quantitative estimate of drug-likeness (QED) is 0.749. The van der Waals surface area contributed by atoms with Gasteiger partial charge < -0.3 is 10.6 Å². The van der Waals surface area contributed by atoms with E-state index in [0.29, 0.717) is 10.9 Å². The molecule has 2 fully saturated rings. The SMILES string of the molecule is NC(=S)C1CCCCN1C(=O)C1CCCC1. The molecule has 1 saturated heterocycles. The molecular weight excluding hydrogens is 220 g/mol. The number of piperidine rings is 1. The Kier molecular flexibility index (Phi) is 3.79. The average molecular weight is 240 g/mol. The predicted molar refractivity (Wildman–Crippen MR) is 68.1 cm³/mol. The Bertz CT molecular complexity index is 287. The maximum absolute atomic E-state index is 12.3. The van der Waals surface area contributed by atoms with E-state index in [1.807, 2.05) is 4.90 Å². The van der Waals surface area contributed by atoms with Gasteiger partial charge >= 0.3 is 0 Å². The summed E-state index contributed by atoms with van der Waals surface area (Å²) in [5.41, 5.74) is 5.73. The van der Waals surface area contributed by atoms with E-state index in [2.05, 4.69) is 0 Å². The normalized spacial score (nSPS) is 27.0. The average Bonchev–Trinajstić information content (AvgIpc) is 2.81. The van der Waals surface area contributed by atoms with E-state index in [1.54, 1.807) is 0 Å². The van der Waals surface area contributed by atoms with E-state index in [0.717, 1.165) is 38.6 Å². The summed E-state index contributed by atoms with van der Waals surface area (Å²) in [6.07, 6.45) is 7.69.